The number of hydrogen-bond donors (Lipinski definition) is 1. The molecule has 0 aliphatic rings. The molecule has 6 nitrogen and oxygen atoms in total. The van der Waals surface area contributed by atoms with E-state index in [0.29, 0.717) is 6.04 Å². The van der Waals surface area contributed by atoms with E-state index in [9.17, 15) is 0 Å². The van der Waals surface area contributed by atoms with Gasteiger partial charge in [-0.25, -0.2) is 14.6 Å². The molecule has 0 saturated carbocycles. The minimum atomic E-state index is 0.366. The van der Waals surface area contributed by atoms with Crippen molar-refractivity contribution in [3.63, 3.8) is 0 Å². The number of rotatable bonds is 3. The Bertz CT molecular complexity index is 463. The largest absolute Gasteiger partial charge is 0.366 e. The molecule has 1 N–H and O–H groups in total. The van der Waals surface area contributed by atoms with Crippen LogP contribution in [0.3, 0.4) is 0 Å². The van der Waals surface area contributed by atoms with Gasteiger partial charge in [0.1, 0.15) is 6.33 Å². The predicted molar refractivity (Wildman–Crippen MR) is 57.5 cm³/mol. The Kier molecular flexibility index (Phi) is 2.49. The quantitative estimate of drug-likeness (QED) is 0.810. The van der Waals surface area contributed by atoms with E-state index in [2.05, 4.69) is 39.4 Å². The van der Waals surface area contributed by atoms with Crippen molar-refractivity contribution in [3.8, 4) is 0 Å². The van der Waals surface area contributed by atoms with Gasteiger partial charge in [-0.3, -0.25) is 0 Å². The fourth-order valence-corrected chi connectivity index (χ4v) is 1.29. The molecule has 2 rings (SSSR count). The molecule has 2 aromatic rings. The number of aromatic nitrogens is 5. The molecule has 2 heterocycles. The fraction of sp³-hybridized carbons (Fsp3) is 0.556. The molecule has 0 unspecified atom stereocenters. The highest BCUT2D eigenvalue weighted by molar-refractivity contribution is 5.81. The van der Waals surface area contributed by atoms with Crippen LogP contribution in [0.5, 0.6) is 0 Å². The van der Waals surface area contributed by atoms with Crippen LogP contribution in [-0.4, -0.2) is 31.0 Å². The molecule has 0 aliphatic heterocycles. The van der Waals surface area contributed by atoms with Gasteiger partial charge in [0.25, 0.3) is 0 Å². The zero-order chi connectivity index (χ0) is 10.8. The molecule has 0 saturated heterocycles. The van der Waals surface area contributed by atoms with Gasteiger partial charge in [0.2, 0.25) is 0 Å². The van der Waals surface area contributed by atoms with Gasteiger partial charge in [-0.2, -0.15) is 0 Å². The van der Waals surface area contributed by atoms with E-state index in [1.54, 1.807) is 4.68 Å². The third-order valence-corrected chi connectivity index (χ3v) is 2.38. The SMILES string of the molecule is CC[C@H](C)Nc1ncnc2c1nnn2C. The number of nitrogens with one attached hydrogen (secondary N) is 1. The lowest BCUT2D eigenvalue weighted by Crippen LogP contribution is -2.14. The highest BCUT2D eigenvalue weighted by atomic mass is 15.4. The van der Waals surface area contributed by atoms with Crippen molar-refractivity contribution in [2.75, 3.05) is 5.32 Å². The Morgan fingerprint density at radius 3 is 3.00 bits per heavy atom. The molecule has 0 amide bonds. The number of nitrogens with zero attached hydrogens (tertiary/aromatic N) is 5. The maximum Gasteiger partial charge on any atom is 0.183 e. The van der Waals surface area contributed by atoms with Gasteiger partial charge in [0.15, 0.2) is 17.0 Å². The molecule has 15 heavy (non-hydrogen) atoms. The molecule has 0 aliphatic carbocycles. The average molecular weight is 206 g/mol. The summed E-state index contributed by atoms with van der Waals surface area (Å²) in [4.78, 5) is 8.29. The van der Waals surface area contributed by atoms with Crippen LogP contribution in [0.25, 0.3) is 11.2 Å². The number of fused-ring (bicyclic) bond motifs is 1. The van der Waals surface area contributed by atoms with E-state index in [-0.39, 0.29) is 0 Å². The summed E-state index contributed by atoms with van der Waals surface area (Å²) in [7, 11) is 1.81. The number of anilines is 1. The van der Waals surface area contributed by atoms with E-state index in [1.807, 2.05) is 7.05 Å². The second kappa shape index (κ2) is 3.80. The van der Waals surface area contributed by atoms with E-state index in [0.717, 1.165) is 23.4 Å². The lowest BCUT2D eigenvalue weighted by Gasteiger charge is -2.11. The Labute approximate surface area is 87.7 Å². The van der Waals surface area contributed by atoms with Crippen LogP contribution in [0.1, 0.15) is 20.3 Å². The van der Waals surface area contributed by atoms with Crippen LogP contribution in [0.2, 0.25) is 0 Å². The topological polar surface area (TPSA) is 68.5 Å². The van der Waals surface area contributed by atoms with Crippen molar-refractivity contribution < 1.29 is 0 Å². The molecule has 1 atom stereocenters. The predicted octanol–water partition coefficient (Wildman–Crippen LogP) is 0.969. The van der Waals surface area contributed by atoms with Gasteiger partial charge < -0.3 is 5.32 Å². The normalized spacial score (nSPS) is 13.0. The van der Waals surface area contributed by atoms with Crippen LogP contribution >= 0.6 is 0 Å². The van der Waals surface area contributed by atoms with Crippen molar-refractivity contribution >= 4 is 17.0 Å². The Morgan fingerprint density at radius 1 is 1.47 bits per heavy atom. The molecule has 6 heteroatoms. The first-order valence-electron chi connectivity index (χ1n) is 4.99. The van der Waals surface area contributed by atoms with E-state index in [1.165, 1.54) is 6.33 Å². The summed E-state index contributed by atoms with van der Waals surface area (Å²) in [5.74, 6) is 0.752. The van der Waals surface area contributed by atoms with Gasteiger partial charge >= 0.3 is 0 Å². The van der Waals surface area contributed by atoms with Crippen molar-refractivity contribution in [2.45, 2.75) is 26.3 Å². The molecular weight excluding hydrogens is 192 g/mol. The third-order valence-electron chi connectivity index (χ3n) is 2.38. The third kappa shape index (κ3) is 1.74. The molecule has 80 valence electrons. The van der Waals surface area contributed by atoms with Crippen molar-refractivity contribution in [1.29, 1.82) is 0 Å². The van der Waals surface area contributed by atoms with Crippen molar-refractivity contribution in [1.82, 2.24) is 25.0 Å². The van der Waals surface area contributed by atoms with Crippen molar-refractivity contribution in [2.24, 2.45) is 7.05 Å². The number of aryl methyl sites for hydroxylation is 1. The second-order valence-corrected chi connectivity index (χ2v) is 3.56. The highest BCUT2D eigenvalue weighted by Gasteiger charge is 2.10. The Morgan fingerprint density at radius 2 is 2.27 bits per heavy atom. The van der Waals surface area contributed by atoms with Gasteiger partial charge in [-0.1, -0.05) is 12.1 Å². The Hall–Kier alpha value is -1.72. The highest BCUT2D eigenvalue weighted by Crippen LogP contribution is 2.16. The average Bonchev–Trinajstić information content (AvgIpc) is 2.62. The van der Waals surface area contributed by atoms with Crippen LogP contribution in [0, 0.1) is 0 Å². The molecule has 0 radical (unpaired) electrons. The molecule has 2 aromatic heterocycles. The van der Waals surface area contributed by atoms with Gasteiger partial charge in [0, 0.05) is 13.1 Å². The first-order chi connectivity index (χ1) is 7.22. The first-order valence-corrected chi connectivity index (χ1v) is 4.99. The minimum Gasteiger partial charge on any atom is -0.366 e. The Balaban J connectivity index is 2.43. The minimum absolute atomic E-state index is 0.366. The lowest BCUT2D eigenvalue weighted by molar-refractivity contribution is 0.729. The summed E-state index contributed by atoms with van der Waals surface area (Å²) >= 11 is 0. The second-order valence-electron chi connectivity index (χ2n) is 3.56. The zero-order valence-corrected chi connectivity index (χ0v) is 9.10. The van der Waals surface area contributed by atoms with Crippen LogP contribution in [-0.2, 0) is 7.05 Å². The summed E-state index contributed by atoms with van der Waals surface area (Å²) in [6, 6.07) is 0.366. The van der Waals surface area contributed by atoms with Gasteiger partial charge in [0.05, 0.1) is 0 Å². The molecule has 0 fully saturated rings. The maximum absolute atomic E-state index is 4.17. The molecular formula is C9H14N6. The fourth-order valence-electron chi connectivity index (χ4n) is 1.29. The summed E-state index contributed by atoms with van der Waals surface area (Å²) in [6.45, 7) is 4.22. The first kappa shape index (κ1) is 9.82. The maximum atomic E-state index is 4.17. The summed E-state index contributed by atoms with van der Waals surface area (Å²) in [5.41, 5.74) is 1.47. The van der Waals surface area contributed by atoms with Crippen LogP contribution < -0.4 is 5.32 Å². The monoisotopic (exact) mass is 206 g/mol. The standard InChI is InChI=1S/C9H14N6/c1-4-6(2)12-8-7-9(11-5-10-8)15(3)14-13-7/h5-6H,4H2,1-3H3,(H,10,11,12)/t6-/m0/s1. The van der Waals surface area contributed by atoms with Crippen LogP contribution in [0.4, 0.5) is 5.82 Å². The van der Waals surface area contributed by atoms with Gasteiger partial charge in [-0.15, -0.1) is 5.10 Å². The molecule has 0 aromatic carbocycles. The van der Waals surface area contributed by atoms with E-state index < -0.39 is 0 Å². The zero-order valence-electron chi connectivity index (χ0n) is 9.10. The molecule has 0 bridgehead atoms. The van der Waals surface area contributed by atoms with Gasteiger partial charge in [-0.05, 0) is 13.3 Å². The van der Waals surface area contributed by atoms with Crippen LogP contribution in [0.15, 0.2) is 6.33 Å². The summed E-state index contributed by atoms with van der Waals surface area (Å²) in [5, 5.41) is 11.2. The smallest absolute Gasteiger partial charge is 0.183 e. The van der Waals surface area contributed by atoms with Crippen molar-refractivity contribution in [3.05, 3.63) is 6.33 Å². The lowest BCUT2D eigenvalue weighted by atomic mass is 10.2. The summed E-state index contributed by atoms with van der Waals surface area (Å²) in [6.07, 6.45) is 2.56. The molecule has 0 spiro atoms. The van der Waals surface area contributed by atoms with E-state index in [4.69, 9.17) is 0 Å². The summed E-state index contributed by atoms with van der Waals surface area (Å²) < 4.78 is 1.64. The number of hydrogen-bond acceptors (Lipinski definition) is 5. The van der Waals surface area contributed by atoms with E-state index >= 15 is 0 Å².